The fraction of sp³-hybridized carbons (Fsp3) is 0.364. The Hall–Kier alpha value is -2.00. The van der Waals surface area contributed by atoms with Crippen LogP contribution in [0.1, 0.15) is 25.8 Å². The number of anilines is 1. The molecule has 0 saturated heterocycles. The molecule has 11 heteroatoms. The lowest BCUT2D eigenvalue weighted by molar-refractivity contribution is -0.139. The van der Waals surface area contributed by atoms with E-state index in [0.717, 1.165) is 22.5 Å². The van der Waals surface area contributed by atoms with Crippen molar-refractivity contribution in [3.05, 3.63) is 63.1 Å². The minimum Gasteiger partial charge on any atom is -0.354 e. The number of halogens is 3. The highest BCUT2D eigenvalue weighted by molar-refractivity contribution is 7.92. The molecule has 2 rings (SSSR count). The Morgan fingerprint density at radius 2 is 1.64 bits per heavy atom. The first kappa shape index (κ1) is 27.2. The summed E-state index contributed by atoms with van der Waals surface area (Å²) in [6.07, 6.45) is 1.71. The molecule has 0 aliphatic heterocycles. The van der Waals surface area contributed by atoms with Gasteiger partial charge in [-0.1, -0.05) is 53.9 Å². The summed E-state index contributed by atoms with van der Waals surface area (Å²) in [5.74, 6) is -0.907. The summed E-state index contributed by atoms with van der Waals surface area (Å²) in [5.41, 5.74) is 0.852. The van der Waals surface area contributed by atoms with Gasteiger partial charge in [-0.25, -0.2) is 8.42 Å². The van der Waals surface area contributed by atoms with Gasteiger partial charge < -0.3 is 10.2 Å². The molecule has 1 atom stereocenters. The van der Waals surface area contributed by atoms with E-state index in [1.807, 2.05) is 6.92 Å². The van der Waals surface area contributed by atoms with Gasteiger partial charge in [-0.2, -0.15) is 0 Å². The largest absolute Gasteiger partial charge is 0.354 e. The first-order chi connectivity index (χ1) is 15.4. The van der Waals surface area contributed by atoms with E-state index in [0.29, 0.717) is 16.6 Å². The standard InChI is InChI=1S/C22H26Cl3N3O4S/c1-4-11-26-22(30)15(2)27(13-16-5-7-17(23)8-6-16)21(29)14-28(33(3,31)32)20-10-9-18(24)12-19(20)25/h5-10,12,15H,4,11,13-14H2,1-3H3,(H,26,30)/t15-/m1/s1. The van der Waals surface area contributed by atoms with Crippen molar-refractivity contribution in [1.29, 1.82) is 0 Å². The van der Waals surface area contributed by atoms with Gasteiger partial charge in [-0.15, -0.1) is 0 Å². The van der Waals surface area contributed by atoms with E-state index in [1.165, 1.54) is 23.1 Å². The number of amides is 2. The van der Waals surface area contributed by atoms with Crippen LogP contribution in [0, 0.1) is 0 Å². The number of sulfonamides is 1. The van der Waals surface area contributed by atoms with Crippen LogP contribution in [0.4, 0.5) is 5.69 Å². The number of nitrogens with one attached hydrogen (secondary N) is 1. The van der Waals surface area contributed by atoms with Crippen molar-refractivity contribution in [2.24, 2.45) is 0 Å². The number of carbonyl (C=O) groups excluding carboxylic acids is 2. The molecule has 180 valence electrons. The van der Waals surface area contributed by atoms with Gasteiger partial charge in [0.2, 0.25) is 21.8 Å². The van der Waals surface area contributed by atoms with Crippen molar-refractivity contribution in [3.63, 3.8) is 0 Å². The minimum absolute atomic E-state index is 0.0821. The van der Waals surface area contributed by atoms with E-state index in [4.69, 9.17) is 34.8 Å². The summed E-state index contributed by atoms with van der Waals surface area (Å²) in [5, 5.41) is 3.71. The van der Waals surface area contributed by atoms with E-state index in [-0.39, 0.29) is 23.2 Å². The molecule has 0 heterocycles. The Kier molecular flexibility index (Phi) is 9.84. The molecule has 0 spiro atoms. The van der Waals surface area contributed by atoms with Crippen molar-refractivity contribution in [2.45, 2.75) is 32.9 Å². The quantitative estimate of drug-likeness (QED) is 0.491. The lowest BCUT2D eigenvalue weighted by atomic mass is 10.1. The Balaban J connectivity index is 2.39. The van der Waals surface area contributed by atoms with Gasteiger partial charge in [-0.3, -0.25) is 13.9 Å². The van der Waals surface area contributed by atoms with Crippen molar-refractivity contribution in [3.8, 4) is 0 Å². The van der Waals surface area contributed by atoms with Gasteiger partial charge >= 0.3 is 0 Å². The third kappa shape index (κ3) is 7.78. The maximum Gasteiger partial charge on any atom is 0.244 e. The van der Waals surface area contributed by atoms with E-state index >= 15 is 0 Å². The van der Waals surface area contributed by atoms with Gasteiger partial charge in [0.15, 0.2) is 0 Å². The van der Waals surface area contributed by atoms with Crippen LogP contribution in [0.5, 0.6) is 0 Å². The van der Waals surface area contributed by atoms with Crippen molar-refractivity contribution in [2.75, 3.05) is 23.7 Å². The van der Waals surface area contributed by atoms with Crippen LogP contribution in [0.15, 0.2) is 42.5 Å². The second kappa shape index (κ2) is 11.9. The number of rotatable bonds is 10. The number of hydrogen-bond donors (Lipinski definition) is 1. The summed E-state index contributed by atoms with van der Waals surface area (Å²) in [6, 6.07) is 10.3. The fourth-order valence-electron chi connectivity index (χ4n) is 3.04. The van der Waals surface area contributed by atoms with Gasteiger partial charge in [-0.05, 0) is 49.2 Å². The monoisotopic (exact) mass is 533 g/mol. The van der Waals surface area contributed by atoms with Gasteiger partial charge in [0.25, 0.3) is 0 Å². The summed E-state index contributed by atoms with van der Waals surface area (Å²) < 4.78 is 26.0. The molecule has 0 aliphatic rings. The maximum absolute atomic E-state index is 13.4. The van der Waals surface area contributed by atoms with Gasteiger partial charge in [0.05, 0.1) is 17.0 Å². The molecular weight excluding hydrogens is 509 g/mol. The third-order valence-corrected chi connectivity index (χ3v) is 6.76. The first-order valence-electron chi connectivity index (χ1n) is 10.2. The van der Waals surface area contributed by atoms with Crippen molar-refractivity contribution in [1.82, 2.24) is 10.2 Å². The van der Waals surface area contributed by atoms with Gasteiger partial charge in [0, 0.05) is 23.1 Å². The van der Waals surface area contributed by atoms with Crippen LogP contribution in [0.25, 0.3) is 0 Å². The van der Waals surface area contributed by atoms with Crippen molar-refractivity contribution < 1.29 is 18.0 Å². The lowest BCUT2D eigenvalue weighted by Crippen LogP contribution is -2.51. The smallest absolute Gasteiger partial charge is 0.244 e. The predicted molar refractivity (Wildman–Crippen MR) is 133 cm³/mol. The minimum atomic E-state index is -3.88. The van der Waals surface area contributed by atoms with Crippen LogP contribution in [-0.2, 0) is 26.2 Å². The van der Waals surface area contributed by atoms with E-state index in [1.54, 1.807) is 31.2 Å². The second-order valence-corrected chi connectivity index (χ2v) is 10.7. The fourth-order valence-corrected chi connectivity index (χ4v) is 4.59. The number of carbonyl (C=O) groups is 2. The Morgan fingerprint density at radius 3 is 2.18 bits per heavy atom. The number of nitrogens with zero attached hydrogens (tertiary/aromatic N) is 2. The normalized spacial score (nSPS) is 12.2. The van der Waals surface area contributed by atoms with E-state index in [2.05, 4.69) is 5.32 Å². The Morgan fingerprint density at radius 1 is 1.03 bits per heavy atom. The average molecular weight is 535 g/mol. The first-order valence-corrected chi connectivity index (χ1v) is 13.2. The zero-order valence-corrected chi connectivity index (χ0v) is 21.6. The lowest BCUT2D eigenvalue weighted by Gasteiger charge is -2.31. The van der Waals surface area contributed by atoms with Crippen molar-refractivity contribution >= 4 is 62.3 Å². The topological polar surface area (TPSA) is 86.8 Å². The van der Waals surface area contributed by atoms with E-state index < -0.39 is 28.5 Å². The summed E-state index contributed by atoms with van der Waals surface area (Å²) >= 11 is 18.1. The molecule has 2 aromatic rings. The second-order valence-electron chi connectivity index (χ2n) is 7.48. The van der Waals surface area contributed by atoms with E-state index in [9.17, 15) is 18.0 Å². The van der Waals surface area contributed by atoms with Crippen LogP contribution in [-0.4, -0.2) is 50.5 Å². The summed E-state index contributed by atoms with van der Waals surface area (Å²) in [7, 11) is -3.88. The molecule has 0 unspecified atom stereocenters. The summed E-state index contributed by atoms with van der Waals surface area (Å²) in [6.45, 7) is 3.52. The molecule has 1 N–H and O–H groups in total. The highest BCUT2D eigenvalue weighted by atomic mass is 35.5. The Labute approximate surface area is 209 Å². The Bertz CT molecular complexity index is 1090. The number of benzene rings is 2. The molecule has 0 bridgehead atoms. The predicted octanol–water partition coefficient (Wildman–Crippen LogP) is 4.36. The van der Waals surface area contributed by atoms with Crippen LogP contribution in [0.2, 0.25) is 15.1 Å². The zero-order valence-electron chi connectivity index (χ0n) is 18.5. The molecule has 0 saturated carbocycles. The highest BCUT2D eigenvalue weighted by Crippen LogP contribution is 2.30. The molecule has 2 amide bonds. The average Bonchev–Trinajstić information content (AvgIpc) is 2.74. The number of hydrogen-bond acceptors (Lipinski definition) is 4. The molecule has 2 aromatic carbocycles. The molecule has 0 aromatic heterocycles. The van der Waals surface area contributed by atoms with Crippen LogP contribution >= 0.6 is 34.8 Å². The summed E-state index contributed by atoms with van der Waals surface area (Å²) in [4.78, 5) is 27.4. The third-order valence-electron chi connectivity index (χ3n) is 4.84. The molecule has 0 aliphatic carbocycles. The SMILES string of the molecule is CCCNC(=O)[C@@H](C)N(Cc1ccc(Cl)cc1)C(=O)CN(c1ccc(Cl)cc1Cl)S(C)(=O)=O. The highest BCUT2D eigenvalue weighted by Gasteiger charge is 2.30. The molecule has 0 radical (unpaired) electrons. The molecule has 7 nitrogen and oxygen atoms in total. The zero-order chi connectivity index (χ0) is 24.8. The van der Waals surface area contributed by atoms with Crippen LogP contribution < -0.4 is 9.62 Å². The molecule has 33 heavy (non-hydrogen) atoms. The van der Waals surface area contributed by atoms with Gasteiger partial charge in [0.1, 0.15) is 12.6 Å². The molecule has 0 fully saturated rings. The maximum atomic E-state index is 13.4. The van der Waals surface area contributed by atoms with Crippen LogP contribution in [0.3, 0.4) is 0 Å². The molecular formula is C22H26Cl3N3O4S.